The highest BCUT2D eigenvalue weighted by atomic mass is 32.2. The van der Waals surface area contributed by atoms with Gasteiger partial charge in [-0.2, -0.15) is 0 Å². The van der Waals surface area contributed by atoms with E-state index in [4.69, 9.17) is 0 Å². The minimum absolute atomic E-state index is 0.196. The summed E-state index contributed by atoms with van der Waals surface area (Å²) in [7, 11) is 0. The Hall–Kier alpha value is -1.60. The molecule has 3 heterocycles. The van der Waals surface area contributed by atoms with Gasteiger partial charge in [-0.15, -0.1) is 28.1 Å². The lowest BCUT2D eigenvalue weighted by Gasteiger charge is -2.23. The molecule has 132 valence electrons. The predicted octanol–water partition coefficient (Wildman–Crippen LogP) is 3.86. The lowest BCUT2D eigenvalue weighted by Crippen LogP contribution is -2.31. The van der Waals surface area contributed by atoms with Gasteiger partial charge in [0.25, 0.3) is 0 Å². The summed E-state index contributed by atoms with van der Waals surface area (Å²) in [6.45, 7) is 5.40. The molecular formula is C18H22N4OS2. The quantitative estimate of drug-likeness (QED) is 0.545. The molecule has 2 aromatic heterocycles. The zero-order valence-corrected chi connectivity index (χ0v) is 15.8. The predicted molar refractivity (Wildman–Crippen MR) is 101 cm³/mol. The van der Waals surface area contributed by atoms with Crippen LogP contribution in [-0.4, -0.2) is 37.9 Å². The van der Waals surface area contributed by atoms with Gasteiger partial charge in [-0.3, -0.25) is 4.79 Å². The molecule has 1 aliphatic carbocycles. The third-order valence-corrected chi connectivity index (χ3v) is 6.69. The van der Waals surface area contributed by atoms with Crippen LogP contribution in [0.15, 0.2) is 35.3 Å². The van der Waals surface area contributed by atoms with Crippen molar-refractivity contribution >= 4 is 29.0 Å². The molecule has 0 bridgehead atoms. The third kappa shape index (κ3) is 3.53. The van der Waals surface area contributed by atoms with Crippen LogP contribution in [0.25, 0.3) is 0 Å². The molecule has 0 aromatic carbocycles. The van der Waals surface area contributed by atoms with Gasteiger partial charge in [0.15, 0.2) is 5.16 Å². The standard InChI is InChI=1S/C18H22N4OS2/c1-2-9-22-17(13-7-8-13)19-20-18(22)25-12-16(23)21-10-3-5-14(21)15-6-4-11-24-15/h2,4,6,11,13-14H,1,3,5,7-10,12H2. The first-order valence-corrected chi connectivity index (χ1v) is 10.6. The van der Waals surface area contributed by atoms with Crippen LogP contribution in [0.3, 0.4) is 0 Å². The molecule has 1 saturated heterocycles. The number of carbonyl (C=O) groups excluding carboxylic acids is 1. The van der Waals surface area contributed by atoms with E-state index in [9.17, 15) is 4.79 Å². The van der Waals surface area contributed by atoms with Crippen molar-refractivity contribution in [3.8, 4) is 0 Å². The number of thiophene rings is 1. The largest absolute Gasteiger partial charge is 0.334 e. The fraction of sp³-hybridized carbons (Fsp3) is 0.500. The number of rotatable bonds is 7. The molecule has 2 aliphatic rings. The third-order valence-electron chi connectivity index (χ3n) is 4.77. The van der Waals surface area contributed by atoms with E-state index in [0.717, 1.165) is 30.4 Å². The summed E-state index contributed by atoms with van der Waals surface area (Å²) in [5, 5.41) is 11.6. The Balaban J connectivity index is 1.42. The van der Waals surface area contributed by atoms with Gasteiger partial charge in [-0.1, -0.05) is 23.9 Å². The van der Waals surface area contributed by atoms with Crippen LogP contribution in [0.5, 0.6) is 0 Å². The molecule has 0 spiro atoms. The highest BCUT2D eigenvalue weighted by Crippen LogP contribution is 2.40. The van der Waals surface area contributed by atoms with Gasteiger partial charge in [-0.25, -0.2) is 0 Å². The van der Waals surface area contributed by atoms with E-state index in [-0.39, 0.29) is 11.9 Å². The van der Waals surface area contributed by atoms with Gasteiger partial charge in [0.1, 0.15) is 5.82 Å². The Morgan fingerprint density at radius 1 is 1.40 bits per heavy atom. The molecular weight excluding hydrogens is 352 g/mol. The lowest BCUT2D eigenvalue weighted by molar-refractivity contribution is -0.129. The van der Waals surface area contributed by atoms with E-state index >= 15 is 0 Å². The molecule has 1 saturated carbocycles. The van der Waals surface area contributed by atoms with Crippen molar-refractivity contribution in [1.29, 1.82) is 0 Å². The van der Waals surface area contributed by atoms with Crippen LogP contribution >= 0.6 is 23.1 Å². The van der Waals surface area contributed by atoms with E-state index in [1.807, 2.05) is 11.0 Å². The summed E-state index contributed by atoms with van der Waals surface area (Å²) in [5.41, 5.74) is 0. The first kappa shape index (κ1) is 16.8. The SMILES string of the molecule is C=CCn1c(SCC(=O)N2CCCC2c2cccs2)nnc1C1CC1. The molecule has 25 heavy (non-hydrogen) atoms. The number of carbonyl (C=O) groups is 1. The van der Waals surface area contributed by atoms with Crippen LogP contribution in [0.4, 0.5) is 0 Å². The average Bonchev–Trinajstić information content (AvgIpc) is 3.06. The number of likely N-dealkylation sites (tertiary alicyclic amines) is 1. The van der Waals surface area contributed by atoms with Crippen LogP contribution in [-0.2, 0) is 11.3 Å². The summed E-state index contributed by atoms with van der Waals surface area (Å²) in [6, 6.07) is 4.45. The Bertz CT molecular complexity index is 751. The number of aromatic nitrogens is 3. The molecule has 1 amide bonds. The number of amides is 1. The Labute approximate surface area is 156 Å². The van der Waals surface area contributed by atoms with E-state index in [0.29, 0.717) is 18.2 Å². The van der Waals surface area contributed by atoms with E-state index in [1.54, 1.807) is 11.3 Å². The fourth-order valence-electron chi connectivity index (χ4n) is 3.40. The van der Waals surface area contributed by atoms with E-state index in [2.05, 4.69) is 38.9 Å². The van der Waals surface area contributed by atoms with Gasteiger partial charge in [0.2, 0.25) is 5.91 Å². The zero-order chi connectivity index (χ0) is 17.2. The summed E-state index contributed by atoms with van der Waals surface area (Å²) in [6.07, 6.45) is 6.39. The van der Waals surface area contributed by atoms with Crippen molar-refractivity contribution in [1.82, 2.24) is 19.7 Å². The maximum absolute atomic E-state index is 12.8. The summed E-state index contributed by atoms with van der Waals surface area (Å²) >= 11 is 3.24. The van der Waals surface area contributed by atoms with E-state index in [1.165, 1.54) is 29.5 Å². The number of thioether (sulfide) groups is 1. The molecule has 4 rings (SSSR count). The molecule has 5 nitrogen and oxygen atoms in total. The van der Waals surface area contributed by atoms with Crippen LogP contribution in [0.2, 0.25) is 0 Å². The van der Waals surface area contributed by atoms with Gasteiger partial charge >= 0.3 is 0 Å². The molecule has 1 aliphatic heterocycles. The highest BCUT2D eigenvalue weighted by molar-refractivity contribution is 7.99. The molecule has 0 N–H and O–H groups in total. The topological polar surface area (TPSA) is 51.0 Å². The molecule has 7 heteroatoms. The van der Waals surface area contributed by atoms with Gasteiger partial charge in [0.05, 0.1) is 11.8 Å². The Morgan fingerprint density at radius 3 is 3.00 bits per heavy atom. The minimum atomic E-state index is 0.196. The minimum Gasteiger partial charge on any atom is -0.334 e. The first-order valence-electron chi connectivity index (χ1n) is 8.77. The normalized spacial score (nSPS) is 20.2. The first-order chi connectivity index (χ1) is 12.3. The number of nitrogens with zero attached hydrogens (tertiary/aromatic N) is 4. The number of hydrogen-bond acceptors (Lipinski definition) is 5. The smallest absolute Gasteiger partial charge is 0.233 e. The van der Waals surface area contributed by atoms with Crippen molar-refractivity contribution in [3.63, 3.8) is 0 Å². The van der Waals surface area contributed by atoms with Gasteiger partial charge in [-0.05, 0) is 37.1 Å². The second kappa shape index (κ2) is 7.33. The van der Waals surface area contributed by atoms with Crippen molar-refractivity contribution in [2.45, 2.75) is 49.3 Å². The second-order valence-corrected chi connectivity index (χ2v) is 8.49. The molecule has 0 radical (unpaired) electrons. The number of hydrogen-bond donors (Lipinski definition) is 0. The maximum Gasteiger partial charge on any atom is 0.233 e. The monoisotopic (exact) mass is 374 g/mol. The molecule has 1 unspecified atom stereocenters. The van der Waals surface area contributed by atoms with Crippen LogP contribution in [0.1, 0.15) is 48.3 Å². The average molecular weight is 375 g/mol. The van der Waals surface area contributed by atoms with Crippen molar-refractivity contribution in [2.75, 3.05) is 12.3 Å². The van der Waals surface area contributed by atoms with Gasteiger partial charge in [0, 0.05) is 23.9 Å². The van der Waals surface area contributed by atoms with Crippen LogP contribution < -0.4 is 0 Å². The lowest BCUT2D eigenvalue weighted by atomic mass is 10.2. The van der Waals surface area contributed by atoms with Crippen molar-refractivity contribution < 1.29 is 4.79 Å². The summed E-state index contributed by atoms with van der Waals surface area (Å²) in [5.74, 6) is 2.20. The molecule has 1 atom stereocenters. The Kier molecular flexibility index (Phi) is 4.94. The highest BCUT2D eigenvalue weighted by Gasteiger charge is 2.32. The summed E-state index contributed by atoms with van der Waals surface area (Å²) < 4.78 is 2.11. The maximum atomic E-state index is 12.8. The van der Waals surface area contributed by atoms with E-state index < -0.39 is 0 Å². The molecule has 2 aromatic rings. The van der Waals surface area contributed by atoms with Crippen molar-refractivity contribution in [3.05, 3.63) is 40.9 Å². The summed E-state index contributed by atoms with van der Waals surface area (Å²) in [4.78, 5) is 16.1. The number of allylic oxidation sites excluding steroid dienone is 1. The molecule has 2 fully saturated rings. The zero-order valence-electron chi connectivity index (χ0n) is 14.1. The van der Waals surface area contributed by atoms with Gasteiger partial charge < -0.3 is 9.47 Å². The van der Waals surface area contributed by atoms with Crippen LogP contribution in [0, 0.1) is 0 Å². The Morgan fingerprint density at radius 2 is 2.28 bits per heavy atom. The second-order valence-electron chi connectivity index (χ2n) is 6.56. The fourth-order valence-corrected chi connectivity index (χ4v) is 5.12. The van der Waals surface area contributed by atoms with Crippen molar-refractivity contribution in [2.24, 2.45) is 0 Å².